The number of piperazine rings is 1. The molecule has 0 radical (unpaired) electrons. The molecule has 0 saturated carbocycles. The van der Waals surface area contributed by atoms with E-state index < -0.39 is 0 Å². The molecule has 1 fully saturated rings. The van der Waals surface area contributed by atoms with Crippen LogP contribution in [0.15, 0.2) is 48.5 Å². The van der Waals surface area contributed by atoms with Crippen LogP contribution in [-0.2, 0) is 24.3 Å². The van der Waals surface area contributed by atoms with Gasteiger partial charge in [-0.15, -0.1) is 0 Å². The SMILES string of the molecule is CCN1CCN(c2ccc3c(c2)CN(C(=O)OCc2ccccc2)CCC3)CC1. The summed E-state index contributed by atoms with van der Waals surface area (Å²) in [5, 5.41) is 0. The first-order valence-electron chi connectivity index (χ1n) is 10.8. The zero-order valence-corrected chi connectivity index (χ0v) is 17.3. The molecule has 5 heteroatoms. The second-order valence-electron chi connectivity index (χ2n) is 7.94. The van der Waals surface area contributed by atoms with Gasteiger partial charge >= 0.3 is 6.09 Å². The molecule has 2 aromatic carbocycles. The first-order valence-corrected chi connectivity index (χ1v) is 10.8. The Balaban J connectivity index is 1.41. The van der Waals surface area contributed by atoms with Crippen LogP contribution in [0.5, 0.6) is 0 Å². The summed E-state index contributed by atoms with van der Waals surface area (Å²) < 4.78 is 5.58. The third kappa shape index (κ3) is 4.91. The molecule has 0 atom stereocenters. The number of likely N-dealkylation sites (N-methyl/N-ethyl adjacent to an activating group) is 1. The van der Waals surface area contributed by atoms with Crippen LogP contribution >= 0.6 is 0 Å². The monoisotopic (exact) mass is 393 g/mol. The van der Waals surface area contributed by atoms with E-state index in [2.05, 4.69) is 34.9 Å². The second-order valence-corrected chi connectivity index (χ2v) is 7.94. The summed E-state index contributed by atoms with van der Waals surface area (Å²) in [6.45, 7) is 9.41. The Morgan fingerprint density at radius 1 is 0.966 bits per heavy atom. The molecule has 0 spiro atoms. The van der Waals surface area contributed by atoms with Crippen LogP contribution in [0.2, 0.25) is 0 Å². The normalized spacial score (nSPS) is 17.6. The van der Waals surface area contributed by atoms with Crippen molar-refractivity contribution in [2.75, 3.05) is 44.2 Å². The number of anilines is 1. The van der Waals surface area contributed by atoms with E-state index in [-0.39, 0.29) is 6.09 Å². The van der Waals surface area contributed by atoms with Crippen molar-refractivity contribution in [3.8, 4) is 0 Å². The zero-order valence-electron chi connectivity index (χ0n) is 17.3. The smallest absolute Gasteiger partial charge is 0.410 e. The van der Waals surface area contributed by atoms with Gasteiger partial charge in [-0.3, -0.25) is 0 Å². The van der Waals surface area contributed by atoms with Crippen LogP contribution in [0.3, 0.4) is 0 Å². The van der Waals surface area contributed by atoms with Gasteiger partial charge in [0.25, 0.3) is 0 Å². The minimum Gasteiger partial charge on any atom is -0.445 e. The lowest BCUT2D eigenvalue weighted by Crippen LogP contribution is -2.46. The highest BCUT2D eigenvalue weighted by Gasteiger charge is 2.22. The number of carbonyl (C=O) groups is 1. The summed E-state index contributed by atoms with van der Waals surface area (Å²) >= 11 is 0. The van der Waals surface area contributed by atoms with Gasteiger partial charge < -0.3 is 19.4 Å². The van der Waals surface area contributed by atoms with E-state index in [0.717, 1.165) is 57.7 Å². The first kappa shape index (κ1) is 19.8. The Morgan fingerprint density at radius 2 is 1.76 bits per heavy atom. The molecule has 0 aliphatic carbocycles. The van der Waals surface area contributed by atoms with E-state index in [1.165, 1.54) is 16.8 Å². The van der Waals surface area contributed by atoms with E-state index in [1.54, 1.807) is 0 Å². The first-order chi connectivity index (χ1) is 14.2. The fraction of sp³-hybridized carbons (Fsp3) is 0.458. The molecule has 0 bridgehead atoms. The van der Waals surface area contributed by atoms with Crippen LogP contribution < -0.4 is 4.90 Å². The van der Waals surface area contributed by atoms with E-state index in [0.29, 0.717) is 13.2 Å². The highest BCUT2D eigenvalue weighted by atomic mass is 16.6. The summed E-state index contributed by atoms with van der Waals surface area (Å²) in [6, 6.07) is 16.7. The van der Waals surface area contributed by atoms with Gasteiger partial charge in [0.1, 0.15) is 6.61 Å². The van der Waals surface area contributed by atoms with Crippen LogP contribution in [0.1, 0.15) is 30.0 Å². The van der Waals surface area contributed by atoms with Crippen molar-refractivity contribution in [1.29, 1.82) is 0 Å². The largest absolute Gasteiger partial charge is 0.445 e. The highest BCUT2D eigenvalue weighted by molar-refractivity contribution is 5.68. The van der Waals surface area contributed by atoms with E-state index in [9.17, 15) is 4.79 Å². The van der Waals surface area contributed by atoms with Gasteiger partial charge in [0, 0.05) is 45.0 Å². The lowest BCUT2D eigenvalue weighted by molar-refractivity contribution is 0.0942. The van der Waals surface area contributed by atoms with Crippen molar-refractivity contribution >= 4 is 11.8 Å². The lowest BCUT2D eigenvalue weighted by Gasteiger charge is -2.36. The molecular formula is C24H31N3O2. The van der Waals surface area contributed by atoms with Gasteiger partial charge in [-0.25, -0.2) is 4.79 Å². The molecular weight excluding hydrogens is 362 g/mol. The van der Waals surface area contributed by atoms with Gasteiger partial charge in [0.15, 0.2) is 0 Å². The number of ether oxygens (including phenoxy) is 1. The number of fused-ring (bicyclic) bond motifs is 1. The quantitative estimate of drug-likeness (QED) is 0.789. The van der Waals surface area contributed by atoms with Crippen LogP contribution in [0.25, 0.3) is 0 Å². The lowest BCUT2D eigenvalue weighted by atomic mass is 10.0. The minimum absolute atomic E-state index is 0.219. The Labute approximate surface area is 173 Å². The number of aryl methyl sites for hydroxylation is 1. The van der Waals surface area contributed by atoms with Crippen molar-refractivity contribution in [2.45, 2.75) is 32.9 Å². The summed E-state index contributed by atoms with van der Waals surface area (Å²) in [7, 11) is 0. The number of hydrogen-bond acceptors (Lipinski definition) is 4. The number of rotatable bonds is 4. The predicted molar refractivity (Wildman–Crippen MR) is 116 cm³/mol. The maximum Gasteiger partial charge on any atom is 0.410 e. The topological polar surface area (TPSA) is 36.0 Å². The molecule has 1 amide bonds. The second kappa shape index (κ2) is 9.31. The predicted octanol–water partition coefficient (Wildman–Crippen LogP) is 3.91. The Hall–Kier alpha value is -2.53. The Bertz CT molecular complexity index is 816. The standard InChI is InChI=1S/C24H31N3O2/c1-2-25-13-15-26(16-14-25)23-11-10-21-9-6-12-27(18-22(21)17-23)24(28)29-19-20-7-4-3-5-8-20/h3-5,7-8,10-11,17H,2,6,9,12-16,18-19H2,1H3. The van der Waals surface area contributed by atoms with Crippen LogP contribution in [-0.4, -0.2) is 55.2 Å². The fourth-order valence-corrected chi connectivity index (χ4v) is 4.23. The molecule has 2 aliphatic heterocycles. The maximum absolute atomic E-state index is 12.7. The molecule has 1 saturated heterocycles. The summed E-state index contributed by atoms with van der Waals surface area (Å²) in [5.41, 5.74) is 4.91. The average molecular weight is 394 g/mol. The molecule has 2 heterocycles. The summed E-state index contributed by atoms with van der Waals surface area (Å²) in [4.78, 5) is 19.5. The molecule has 4 rings (SSSR count). The van der Waals surface area contributed by atoms with E-state index >= 15 is 0 Å². The molecule has 29 heavy (non-hydrogen) atoms. The van der Waals surface area contributed by atoms with Crippen molar-refractivity contribution in [1.82, 2.24) is 9.80 Å². The van der Waals surface area contributed by atoms with Crippen LogP contribution in [0.4, 0.5) is 10.5 Å². The maximum atomic E-state index is 12.7. The van der Waals surface area contributed by atoms with Gasteiger partial charge in [-0.1, -0.05) is 43.3 Å². The molecule has 0 N–H and O–H groups in total. The Kier molecular flexibility index (Phi) is 6.35. The van der Waals surface area contributed by atoms with Crippen molar-refractivity contribution in [3.05, 3.63) is 65.2 Å². The van der Waals surface area contributed by atoms with Crippen LogP contribution in [0, 0.1) is 0 Å². The number of hydrogen-bond donors (Lipinski definition) is 0. The van der Waals surface area contributed by atoms with Crippen molar-refractivity contribution in [3.63, 3.8) is 0 Å². The Morgan fingerprint density at radius 3 is 2.52 bits per heavy atom. The van der Waals surface area contributed by atoms with Gasteiger partial charge in [-0.2, -0.15) is 0 Å². The highest BCUT2D eigenvalue weighted by Crippen LogP contribution is 2.26. The van der Waals surface area contributed by atoms with Crippen molar-refractivity contribution in [2.24, 2.45) is 0 Å². The molecule has 2 aliphatic rings. The summed E-state index contributed by atoms with van der Waals surface area (Å²) in [5.74, 6) is 0. The molecule has 0 unspecified atom stereocenters. The molecule has 5 nitrogen and oxygen atoms in total. The summed E-state index contributed by atoms with van der Waals surface area (Å²) in [6.07, 6.45) is 1.77. The average Bonchev–Trinajstić information content (AvgIpc) is 3.00. The minimum atomic E-state index is -0.219. The molecule has 2 aromatic rings. The third-order valence-corrected chi connectivity index (χ3v) is 6.07. The molecule has 0 aromatic heterocycles. The number of nitrogens with zero attached hydrogens (tertiary/aromatic N) is 3. The van der Waals surface area contributed by atoms with Crippen molar-refractivity contribution < 1.29 is 9.53 Å². The molecule has 154 valence electrons. The van der Waals surface area contributed by atoms with Gasteiger partial charge in [0.05, 0.1) is 0 Å². The van der Waals surface area contributed by atoms with E-state index in [4.69, 9.17) is 4.74 Å². The third-order valence-electron chi connectivity index (χ3n) is 6.07. The van der Waals surface area contributed by atoms with Gasteiger partial charge in [-0.05, 0) is 48.2 Å². The number of benzene rings is 2. The number of amides is 1. The van der Waals surface area contributed by atoms with E-state index in [1.807, 2.05) is 35.2 Å². The van der Waals surface area contributed by atoms with Gasteiger partial charge in [0.2, 0.25) is 0 Å². The zero-order chi connectivity index (χ0) is 20.1. The number of carbonyl (C=O) groups excluding carboxylic acids is 1. The fourth-order valence-electron chi connectivity index (χ4n) is 4.23.